The van der Waals surface area contributed by atoms with Crippen LogP contribution in [0.1, 0.15) is 6.92 Å². The quantitative estimate of drug-likeness (QED) is 0.657. The van der Waals surface area contributed by atoms with Crippen LogP contribution in [0.5, 0.6) is 17.4 Å². The van der Waals surface area contributed by atoms with E-state index < -0.39 is 4.92 Å². The SMILES string of the molecule is CCOc1ccc(Oc2nc(N)ncc2[N+](=O)[O-])cc1. The van der Waals surface area contributed by atoms with Crippen LogP contribution in [0.15, 0.2) is 30.5 Å². The summed E-state index contributed by atoms with van der Waals surface area (Å²) in [4.78, 5) is 17.5. The molecule has 0 aliphatic rings. The fourth-order valence-corrected chi connectivity index (χ4v) is 1.46. The number of nitro groups is 1. The molecule has 1 aromatic heterocycles. The van der Waals surface area contributed by atoms with Crippen LogP contribution in [0.2, 0.25) is 0 Å². The highest BCUT2D eigenvalue weighted by molar-refractivity contribution is 5.44. The van der Waals surface area contributed by atoms with Crippen LogP contribution in [-0.2, 0) is 0 Å². The first-order valence-electron chi connectivity index (χ1n) is 5.77. The molecule has 0 fully saturated rings. The van der Waals surface area contributed by atoms with Crippen molar-refractivity contribution in [3.8, 4) is 17.4 Å². The van der Waals surface area contributed by atoms with Crippen molar-refractivity contribution in [3.63, 3.8) is 0 Å². The third-order valence-corrected chi connectivity index (χ3v) is 2.30. The number of nitrogens with zero attached hydrogens (tertiary/aromatic N) is 3. The molecule has 104 valence electrons. The topological polar surface area (TPSA) is 113 Å². The molecule has 0 saturated heterocycles. The molecule has 0 radical (unpaired) electrons. The molecule has 2 N–H and O–H groups in total. The molecule has 0 atom stereocenters. The number of ether oxygens (including phenoxy) is 2. The number of rotatable bonds is 5. The van der Waals surface area contributed by atoms with E-state index in [1.165, 1.54) is 0 Å². The lowest BCUT2D eigenvalue weighted by Crippen LogP contribution is -2.01. The number of anilines is 1. The van der Waals surface area contributed by atoms with E-state index in [4.69, 9.17) is 15.2 Å². The molecule has 20 heavy (non-hydrogen) atoms. The van der Waals surface area contributed by atoms with Crippen molar-refractivity contribution in [3.05, 3.63) is 40.6 Å². The molecule has 0 bridgehead atoms. The van der Waals surface area contributed by atoms with Crippen molar-refractivity contribution in [1.82, 2.24) is 9.97 Å². The first-order chi connectivity index (χ1) is 9.60. The van der Waals surface area contributed by atoms with Gasteiger partial charge in [-0.05, 0) is 31.2 Å². The molecule has 8 heteroatoms. The van der Waals surface area contributed by atoms with E-state index in [0.29, 0.717) is 18.1 Å². The molecule has 0 aliphatic carbocycles. The maximum Gasteiger partial charge on any atom is 0.349 e. The van der Waals surface area contributed by atoms with E-state index in [1.807, 2.05) is 6.92 Å². The van der Waals surface area contributed by atoms with Crippen LogP contribution in [0.3, 0.4) is 0 Å². The van der Waals surface area contributed by atoms with Gasteiger partial charge in [0.2, 0.25) is 5.95 Å². The van der Waals surface area contributed by atoms with Gasteiger partial charge in [0.15, 0.2) is 0 Å². The Morgan fingerprint density at radius 3 is 2.55 bits per heavy atom. The summed E-state index contributed by atoms with van der Waals surface area (Å²) in [5, 5.41) is 10.8. The Labute approximate surface area is 114 Å². The van der Waals surface area contributed by atoms with Crippen LogP contribution < -0.4 is 15.2 Å². The number of hydrogen-bond donors (Lipinski definition) is 1. The molecule has 2 aromatic rings. The Bertz CT molecular complexity index is 615. The number of nitrogen functional groups attached to an aromatic ring is 1. The lowest BCUT2D eigenvalue weighted by molar-refractivity contribution is -0.386. The standard InChI is InChI=1S/C12H12N4O4/c1-2-19-8-3-5-9(6-4-8)20-11-10(16(17)18)7-14-12(13)15-11/h3-7H,2H2,1H3,(H2,13,14,15). The minimum absolute atomic E-state index is 0.100. The summed E-state index contributed by atoms with van der Waals surface area (Å²) in [6, 6.07) is 6.62. The van der Waals surface area contributed by atoms with Crippen molar-refractivity contribution in [2.24, 2.45) is 0 Å². The molecule has 0 spiro atoms. The number of aromatic nitrogens is 2. The van der Waals surface area contributed by atoms with Crippen LogP contribution in [0.4, 0.5) is 11.6 Å². The van der Waals surface area contributed by atoms with E-state index >= 15 is 0 Å². The lowest BCUT2D eigenvalue weighted by atomic mass is 10.3. The zero-order valence-electron chi connectivity index (χ0n) is 10.6. The largest absolute Gasteiger partial charge is 0.494 e. The third-order valence-electron chi connectivity index (χ3n) is 2.30. The molecule has 2 rings (SSSR count). The summed E-state index contributed by atoms with van der Waals surface area (Å²) in [5.41, 5.74) is 5.05. The van der Waals surface area contributed by atoms with Crippen molar-refractivity contribution >= 4 is 11.6 Å². The summed E-state index contributed by atoms with van der Waals surface area (Å²) in [5.74, 6) is 0.759. The zero-order chi connectivity index (χ0) is 14.5. The third kappa shape index (κ3) is 3.10. The summed E-state index contributed by atoms with van der Waals surface area (Å²) in [7, 11) is 0. The van der Waals surface area contributed by atoms with Gasteiger partial charge in [0.1, 0.15) is 17.7 Å². The van der Waals surface area contributed by atoms with E-state index in [-0.39, 0.29) is 17.5 Å². The smallest absolute Gasteiger partial charge is 0.349 e. The van der Waals surface area contributed by atoms with Crippen LogP contribution in [-0.4, -0.2) is 21.5 Å². The minimum atomic E-state index is -0.636. The van der Waals surface area contributed by atoms with Gasteiger partial charge in [0.25, 0.3) is 0 Å². The highest BCUT2D eigenvalue weighted by Crippen LogP contribution is 2.29. The van der Waals surface area contributed by atoms with Crippen LogP contribution in [0, 0.1) is 10.1 Å². The van der Waals surface area contributed by atoms with Gasteiger partial charge in [-0.1, -0.05) is 0 Å². The second-order valence-corrected chi connectivity index (χ2v) is 3.68. The Morgan fingerprint density at radius 2 is 1.95 bits per heavy atom. The summed E-state index contributed by atoms with van der Waals surface area (Å²) >= 11 is 0. The van der Waals surface area contributed by atoms with Gasteiger partial charge in [-0.3, -0.25) is 10.1 Å². The molecule has 1 aromatic carbocycles. The van der Waals surface area contributed by atoms with Gasteiger partial charge in [-0.15, -0.1) is 0 Å². The minimum Gasteiger partial charge on any atom is -0.494 e. The van der Waals surface area contributed by atoms with Gasteiger partial charge in [-0.2, -0.15) is 4.98 Å². The highest BCUT2D eigenvalue weighted by Gasteiger charge is 2.19. The molecular formula is C12H12N4O4. The fourth-order valence-electron chi connectivity index (χ4n) is 1.46. The maximum atomic E-state index is 10.8. The average Bonchev–Trinajstić information content (AvgIpc) is 2.41. The fraction of sp³-hybridized carbons (Fsp3) is 0.167. The molecular weight excluding hydrogens is 264 g/mol. The molecule has 8 nitrogen and oxygen atoms in total. The van der Waals surface area contributed by atoms with Crippen molar-refractivity contribution in [1.29, 1.82) is 0 Å². The van der Waals surface area contributed by atoms with Crippen LogP contribution in [0.25, 0.3) is 0 Å². The molecule has 1 heterocycles. The van der Waals surface area contributed by atoms with Gasteiger partial charge in [0, 0.05) is 0 Å². The van der Waals surface area contributed by atoms with Crippen molar-refractivity contribution in [2.75, 3.05) is 12.3 Å². The summed E-state index contributed by atoms with van der Waals surface area (Å²) < 4.78 is 10.6. The van der Waals surface area contributed by atoms with E-state index in [9.17, 15) is 10.1 Å². The lowest BCUT2D eigenvalue weighted by Gasteiger charge is -2.07. The molecule has 0 aliphatic heterocycles. The number of benzene rings is 1. The Hall–Kier alpha value is -2.90. The van der Waals surface area contributed by atoms with E-state index in [0.717, 1.165) is 6.20 Å². The van der Waals surface area contributed by atoms with Gasteiger partial charge in [0.05, 0.1) is 11.5 Å². The predicted octanol–water partition coefficient (Wildman–Crippen LogP) is 2.16. The van der Waals surface area contributed by atoms with Crippen molar-refractivity contribution in [2.45, 2.75) is 6.92 Å². The van der Waals surface area contributed by atoms with E-state index in [1.54, 1.807) is 24.3 Å². The Balaban J connectivity index is 2.25. The second-order valence-electron chi connectivity index (χ2n) is 3.68. The van der Waals surface area contributed by atoms with E-state index in [2.05, 4.69) is 9.97 Å². The van der Waals surface area contributed by atoms with Gasteiger partial charge >= 0.3 is 11.6 Å². The monoisotopic (exact) mass is 276 g/mol. The highest BCUT2D eigenvalue weighted by atomic mass is 16.6. The zero-order valence-corrected chi connectivity index (χ0v) is 10.6. The Morgan fingerprint density at radius 1 is 1.30 bits per heavy atom. The maximum absolute atomic E-state index is 10.8. The van der Waals surface area contributed by atoms with Gasteiger partial charge in [-0.25, -0.2) is 4.98 Å². The second kappa shape index (κ2) is 5.83. The molecule has 0 saturated carbocycles. The molecule has 0 amide bonds. The van der Waals surface area contributed by atoms with Gasteiger partial charge < -0.3 is 15.2 Å². The Kier molecular flexibility index (Phi) is 3.94. The molecule has 0 unspecified atom stereocenters. The normalized spacial score (nSPS) is 10.1. The predicted molar refractivity (Wildman–Crippen MR) is 70.8 cm³/mol. The summed E-state index contributed by atoms with van der Waals surface area (Å²) in [6.07, 6.45) is 1.01. The average molecular weight is 276 g/mol. The van der Waals surface area contributed by atoms with Crippen molar-refractivity contribution < 1.29 is 14.4 Å². The summed E-state index contributed by atoms with van der Waals surface area (Å²) in [6.45, 7) is 2.42. The van der Waals surface area contributed by atoms with Crippen LogP contribution >= 0.6 is 0 Å². The number of hydrogen-bond acceptors (Lipinski definition) is 7. The first-order valence-corrected chi connectivity index (χ1v) is 5.77. The first kappa shape index (κ1) is 13.5. The number of nitrogens with two attached hydrogens (primary N) is 1.